The van der Waals surface area contributed by atoms with Crippen molar-refractivity contribution >= 4 is 9.90 Å². The number of hydrogen-bond donors (Lipinski definition) is 3. The fourth-order valence-electron chi connectivity index (χ4n) is 0.891. The molecule has 1 aromatic rings. The van der Waals surface area contributed by atoms with E-state index in [-0.39, 0.29) is 21.4 Å². The lowest BCUT2D eigenvalue weighted by atomic mass is 10.1. The summed E-state index contributed by atoms with van der Waals surface area (Å²) in [5, 5.41) is 18.0. The van der Waals surface area contributed by atoms with Gasteiger partial charge in [-0.2, -0.15) is 9.90 Å². The summed E-state index contributed by atoms with van der Waals surface area (Å²) >= 11 is 0. The van der Waals surface area contributed by atoms with E-state index >= 15 is 0 Å². The highest BCUT2D eigenvalue weighted by atomic mass is 31.0. The molecule has 0 amide bonds. The van der Waals surface area contributed by atoms with Gasteiger partial charge < -0.3 is 15.9 Å². The summed E-state index contributed by atoms with van der Waals surface area (Å²) in [5.74, 6) is -0.179. The zero-order valence-corrected chi connectivity index (χ0v) is 8.24. The summed E-state index contributed by atoms with van der Waals surface area (Å²) in [6.07, 6.45) is 0.716. The van der Waals surface area contributed by atoms with Gasteiger partial charge in [-0.25, -0.2) is 0 Å². The van der Waals surface area contributed by atoms with Gasteiger partial charge in [0.1, 0.15) is 0 Å². The molecule has 1 unspecified atom stereocenters. The predicted molar refractivity (Wildman–Crippen MR) is 53.6 cm³/mol. The summed E-state index contributed by atoms with van der Waals surface area (Å²) in [6.45, 7) is 0.546. The molecule has 0 radical (unpaired) electrons. The molecule has 0 aliphatic carbocycles. The van der Waals surface area contributed by atoms with Crippen LogP contribution in [0.1, 0.15) is 5.56 Å². The molecule has 1 aromatic carbocycles. The second-order valence-electron chi connectivity index (χ2n) is 2.36. The third kappa shape index (κ3) is 2.68. The number of nitrogens with two attached hydrogens (primary N) is 1. The van der Waals surface area contributed by atoms with E-state index in [4.69, 9.17) is 15.9 Å². The minimum atomic E-state index is -0.0919. The molecule has 0 heterocycles. The predicted octanol–water partition coefficient (Wildman–Crippen LogP) is 0.657. The molecule has 4 N–H and O–H groups in total. The van der Waals surface area contributed by atoms with Crippen molar-refractivity contribution in [1.29, 1.82) is 0 Å². The Hall–Kier alpha value is -0.790. The lowest BCUT2D eigenvalue weighted by molar-refractivity contribution is 0.403. The molecule has 0 aliphatic rings. The largest absolute Gasteiger partial charge is 0.504 e. The van der Waals surface area contributed by atoms with E-state index in [0.29, 0.717) is 13.0 Å². The zero-order valence-electron chi connectivity index (χ0n) is 6.83. The van der Waals surface area contributed by atoms with Crippen molar-refractivity contribution in [2.24, 2.45) is 5.73 Å². The van der Waals surface area contributed by atoms with Crippen LogP contribution in [-0.2, 0) is 6.42 Å². The van der Waals surface area contributed by atoms with Gasteiger partial charge in [0, 0.05) is 0 Å². The normalized spacial score (nSPS) is 9.08. The molecule has 1 rings (SSSR count). The van der Waals surface area contributed by atoms with Gasteiger partial charge in [-0.05, 0) is 30.7 Å². The molecule has 68 valence electrons. The van der Waals surface area contributed by atoms with Gasteiger partial charge in [-0.15, -0.1) is 0 Å². The Bertz CT molecular complexity index is 253. The third-order valence-electron chi connectivity index (χ3n) is 1.47. The van der Waals surface area contributed by atoms with Crippen LogP contribution in [0.5, 0.6) is 11.5 Å². The van der Waals surface area contributed by atoms with Gasteiger partial charge in [0.15, 0.2) is 11.5 Å². The van der Waals surface area contributed by atoms with Crippen LogP contribution >= 0.6 is 9.90 Å². The Morgan fingerprint density at radius 1 is 1.17 bits per heavy atom. The molecule has 0 saturated carbocycles. The average Bonchev–Trinajstić information content (AvgIpc) is 1.98. The molecule has 0 spiro atoms. The summed E-state index contributed by atoms with van der Waals surface area (Å²) in [4.78, 5) is 0. The van der Waals surface area contributed by atoms with E-state index < -0.39 is 0 Å². The van der Waals surface area contributed by atoms with Crippen molar-refractivity contribution in [2.75, 3.05) is 6.54 Å². The standard InChI is InChI=1S/C8H11NO2.H3P/c9-4-3-6-1-2-7(10)8(11)5-6;/h1-2,5,10-11H,3-4,9H2;1H3. The molecule has 0 bridgehead atoms. The Morgan fingerprint density at radius 3 is 2.33 bits per heavy atom. The number of phenols is 2. The summed E-state index contributed by atoms with van der Waals surface area (Å²) in [7, 11) is 0. The number of hydrogen-bond acceptors (Lipinski definition) is 3. The minimum Gasteiger partial charge on any atom is -0.504 e. The van der Waals surface area contributed by atoms with Gasteiger partial charge in [-0.3, -0.25) is 0 Å². The molecule has 4 heteroatoms. The first kappa shape index (κ1) is 11.2. The maximum Gasteiger partial charge on any atom is 0.157 e. The molecule has 0 saturated heterocycles. The first-order chi connectivity index (χ1) is 5.24. The van der Waals surface area contributed by atoms with E-state index in [2.05, 4.69) is 0 Å². The highest BCUT2D eigenvalue weighted by Crippen LogP contribution is 2.24. The first-order valence-corrected chi connectivity index (χ1v) is 3.45. The van der Waals surface area contributed by atoms with Crippen LogP contribution in [0.15, 0.2) is 18.2 Å². The summed E-state index contributed by atoms with van der Waals surface area (Å²) < 4.78 is 0. The topological polar surface area (TPSA) is 66.5 Å². The molecule has 0 aliphatic heterocycles. The summed E-state index contributed by atoms with van der Waals surface area (Å²) in [5.41, 5.74) is 6.24. The second kappa shape index (κ2) is 4.96. The molecule has 0 aromatic heterocycles. The zero-order chi connectivity index (χ0) is 8.27. The molecule has 12 heavy (non-hydrogen) atoms. The van der Waals surface area contributed by atoms with E-state index in [0.717, 1.165) is 5.56 Å². The maximum absolute atomic E-state index is 9.04. The maximum atomic E-state index is 9.04. The second-order valence-corrected chi connectivity index (χ2v) is 2.36. The molecular formula is C8H14NO2P. The fourth-order valence-corrected chi connectivity index (χ4v) is 0.891. The average molecular weight is 187 g/mol. The number of rotatable bonds is 2. The van der Waals surface area contributed by atoms with Crippen molar-refractivity contribution in [2.45, 2.75) is 6.42 Å². The van der Waals surface area contributed by atoms with Crippen LogP contribution in [0.2, 0.25) is 0 Å². The third-order valence-corrected chi connectivity index (χ3v) is 1.47. The lowest BCUT2D eigenvalue weighted by Crippen LogP contribution is -2.02. The van der Waals surface area contributed by atoms with E-state index in [1.165, 1.54) is 12.1 Å². The monoisotopic (exact) mass is 187 g/mol. The number of aromatic hydroxyl groups is 2. The van der Waals surface area contributed by atoms with Crippen LogP contribution < -0.4 is 5.73 Å². The summed E-state index contributed by atoms with van der Waals surface area (Å²) in [6, 6.07) is 4.71. The fraction of sp³-hybridized carbons (Fsp3) is 0.250. The molecule has 3 nitrogen and oxygen atoms in total. The van der Waals surface area contributed by atoms with Gasteiger partial charge in [0.2, 0.25) is 0 Å². The van der Waals surface area contributed by atoms with Crippen molar-refractivity contribution in [1.82, 2.24) is 0 Å². The Labute approximate surface area is 74.8 Å². The highest BCUT2D eigenvalue weighted by molar-refractivity contribution is 6.92. The Balaban J connectivity index is 0.00000121. The van der Waals surface area contributed by atoms with E-state index in [1.54, 1.807) is 6.07 Å². The van der Waals surface area contributed by atoms with Crippen molar-refractivity contribution in [3.8, 4) is 11.5 Å². The van der Waals surface area contributed by atoms with E-state index in [9.17, 15) is 0 Å². The smallest absolute Gasteiger partial charge is 0.157 e. The first-order valence-electron chi connectivity index (χ1n) is 3.45. The Morgan fingerprint density at radius 2 is 1.83 bits per heavy atom. The van der Waals surface area contributed by atoms with Gasteiger partial charge in [0.05, 0.1) is 0 Å². The quantitative estimate of drug-likeness (QED) is 0.470. The van der Waals surface area contributed by atoms with Gasteiger partial charge >= 0.3 is 0 Å². The number of phenolic OH excluding ortho intramolecular Hbond substituents is 2. The van der Waals surface area contributed by atoms with Gasteiger partial charge in [0.25, 0.3) is 0 Å². The van der Waals surface area contributed by atoms with Crippen LogP contribution in [0, 0.1) is 0 Å². The van der Waals surface area contributed by atoms with Crippen molar-refractivity contribution in [3.05, 3.63) is 23.8 Å². The molecular weight excluding hydrogens is 173 g/mol. The molecule has 1 atom stereocenters. The van der Waals surface area contributed by atoms with Crippen molar-refractivity contribution in [3.63, 3.8) is 0 Å². The number of benzene rings is 1. The highest BCUT2D eigenvalue weighted by Gasteiger charge is 1.98. The van der Waals surface area contributed by atoms with Crippen LogP contribution in [0.3, 0.4) is 0 Å². The Kier molecular flexibility index (Phi) is 4.64. The van der Waals surface area contributed by atoms with Crippen LogP contribution in [0.25, 0.3) is 0 Å². The van der Waals surface area contributed by atoms with Crippen LogP contribution in [0.4, 0.5) is 0 Å². The lowest BCUT2D eigenvalue weighted by Gasteiger charge is -2.00. The molecule has 0 fully saturated rings. The van der Waals surface area contributed by atoms with Gasteiger partial charge in [-0.1, -0.05) is 6.07 Å². The van der Waals surface area contributed by atoms with E-state index in [1.807, 2.05) is 0 Å². The SMILES string of the molecule is NCCc1ccc(O)c(O)c1.P. The van der Waals surface area contributed by atoms with Crippen LogP contribution in [-0.4, -0.2) is 16.8 Å². The van der Waals surface area contributed by atoms with Crippen molar-refractivity contribution < 1.29 is 10.2 Å². The minimum absolute atomic E-state index is 0.